The number of aliphatic hydroxyl groups is 1. The van der Waals surface area contributed by atoms with Gasteiger partial charge in [-0.2, -0.15) is 0 Å². The highest BCUT2D eigenvalue weighted by Crippen LogP contribution is 2.24. The van der Waals surface area contributed by atoms with Gasteiger partial charge >= 0.3 is 0 Å². The Morgan fingerprint density at radius 1 is 1.57 bits per heavy atom. The molecule has 0 aromatic heterocycles. The highest BCUT2D eigenvalue weighted by molar-refractivity contribution is 5.93. The summed E-state index contributed by atoms with van der Waals surface area (Å²) in [4.78, 5) is 13.4. The summed E-state index contributed by atoms with van der Waals surface area (Å²) in [5, 5.41) is 8.73. The lowest BCUT2D eigenvalue weighted by Gasteiger charge is -2.36. The number of hydrogen-bond acceptors (Lipinski definition) is 2. The first-order valence-electron chi connectivity index (χ1n) is 5.13. The van der Waals surface area contributed by atoms with E-state index < -0.39 is 0 Å². The summed E-state index contributed by atoms with van der Waals surface area (Å²) in [6.45, 7) is 2.44. The molecule has 14 heavy (non-hydrogen) atoms. The van der Waals surface area contributed by atoms with Crippen LogP contribution in [0.3, 0.4) is 0 Å². The van der Waals surface area contributed by atoms with Gasteiger partial charge in [0.25, 0.3) is 5.91 Å². The van der Waals surface area contributed by atoms with Crippen LogP contribution in [-0.4, -0.2) is 35.1 Å². The average Bonchev–Trinajstić information content (AvgIpc) is 2.09. The van der Waals surface area contributed by atoms with Crippen molar-refractivity contribution in [1.29, 1.82) is 0 Å². The maximum atomic E-state index is 11.6. The zero-order chi connectivity index (χ0) is 10.4. The molecule has 0 saturated heterocycles. The van der Waals surface area contributed by atoms with Crippen molar-refractivity contribution in [3.63, 3.8) is 0 Å². The SMILES string of the molecule is CC#CC(=O)N(CCCO)C1CCC1. The van der Waals surface area contributed by atoms with Crippen molar-refractivity contribution in [2.24, 2.45) is 0 Å². The van der Waals surface area contributed by atoms with Crippen molar-refractivity contribution < 1.29 is 9.90 Å². The molecule has 1 fully saturated rings. The first-order valence-corrected chi connectivity index (χ1v) is 5.13. The Morgan fingerprint density at radius 2 is 2.29 bits per heavy atom. The molecule has 3 nitrogen and oxygen atoms in total. The highest BCUT2D eigenvalue weighted by atomic mass is 16.3. The van der Waals surface area contributed by atoms with Crippen LogP contribution in [-0.2, 0) is 4.79 Å². The number of nitrogens with zero attached hydrogens (tertiary/aromatic N) is 1. The molecule has 78 valence electrons. The summed E-state index contributed by atoms with van der Waals surface area (Å²) in [6.07, 6.45) is 4.02. The fourth-order valence-electron chi connectivity index (χ4n) is 1.57. The fraction of sp³-hybridized carbons (Fsp3) is 0.727. The Balaban J connectivity index is 2.49. The van der Waals surface area contributed by atoms with Crippen LogP contribution in [0.25, 0.3) is 0 Å². The number of carbonyl (C=O) groups is 1. The molecule has 0 heterocycles. The van der Waals surface area contributed by atoms with Crippen molar-refractivity contribution in [3.05, 3.63) is 0 Å². The van der Waals surface area contributed by atoms with Crippen LogP contribution in [0.5, 0.6) is 0 Å². The zero-order valence-corrected chi connectivity index (χ0v) is 8.62. The molecule has 1 N–H and O–H groups in total. The summed E-state index contributed by atoms with van der Waals surface area (Å²) in [7, 11) is 0. The Morgan fingerprint density at radius 3 is 2.71 bits per heavy atom. The van der Waals surface area contributed by atoms with E-state index in [2.05, 4.69) is 11.8 Å². The number of rotatable bonds is 4. The fourth-order valence-corrected chi connectivity index (χ4v) is 1.57. The number of carbonyl (C=O) groups excluding carboxylic acids is 1. The van der Waals surface area contributed by atoms with Gasteiger partial charge in [0.1, 0.15) is 0 Å². The molecule has 1 aliphatic carbocycles. The third kappa shape index (κ3) is 2.74. The maximum Gasteiger partial charge on any atom is 0.298 e. The third-order valence-corrected chi connectivity index (χ3v) is 2.57. The predicted molar refractivity (Wildman–Crippen MR) is 54.5 cm³/mol. The second-order valence-electron chi connectivity index (χ2n) is 3.54. The molecule has 3 heteroatoms. The van der Waals surface area contributed by atoms with Crippen LogP contribution in [0.1, 0.15) is 32.6 Å². The normalized spacial score (nSPS) is 15.3. The first kappa shape index (κ1) is 11.1. The average molecular weight is 195 g/mol. The van der Waals surface area contributed by atoms with E-state index in [1.807, 2.05) is 0 Å². The number of aliphatic hydroxyl groups excluding tert-OH is 1. The minimum absolute atomic E-state index is 0.0920. The quantitative estimate of drug-likeness (QED) is 0.673. The molecular weight excluding hydrogens is 178 g/mol. The molecule has 1 rings (SSSR count). The van der Waals surface area contributed by atoms with Gasteiger partial charge in [-0.15, -0.1) is 0 Å². The topological polar surface area (TPSA) is 40.5 Å². The van der Waals surface area contributed by atoms with E-state index >= 15 is 0 Å². The third-order valence-electron chi connectivity index (χ3n) is 2.57. The van der Waals surface area contributed by atoms with Crippen molar-refractivity contribution in [1.82, 2.24) is 4.90 Å². The van der Waals surface area contributed by atoms with Crippen molar-refractivity contribution in [3.8, 4) is 11.8 Å². The van der Waals surface area contributed by atoms with E-state index in [1.54, 1.807) is 11.8 Å². The minimum atomic E-state index is -0.0920. The molecule has 1 aliphatic rings. The van der Waals surface area contributed by atoms with Gasteiger partial charge in [-0.1, -0.05) is 5.92 Å². The summed E-state index contributed by atoms with van der Waals surface area (Å²) in [5.41, 5.74) is 0. The van der Waals surface area contributed by atoms with Gasteiger partial charge in [-0.3, -0.25) is 4.79 Å². The molecular formula is C11H17NO2. The molecule has 0 radical (unpaired) electrons. The van der Waals surface area contributed by atoms with Gasteiger partial charge in [0.15, 0.2) is 0 Å². The molecule has 0 bridgehead atoms. The van der Waals surface area contributed by atoms with Gasteiger partial charge < -0.3 is 10.0 Å². The van der Waals surface area contributed by atoms with Gasteiger partial charge in [-0.25, -0.2) is 0 Å². The number of amides is 1. The second kappa shape index (κ2) is 5.66. The maximum absolute atomic E-state index is 11.6. The lowest BCUT2D eigenvalue weighted by molar-refractivity contribution is -0.129. The molecule has 0 unspecified atom stereocenters. The molecule has 0 aliphatic heterocycles. The minimum Gasteiger partial charge on any atom is -0.396 e. The van der Waals surface area contributed by atoms with E-state index in [0.717, 1.165) is 12.8 Å². The van der Waals surface area contributed by atoms with Gasteiger partial charge in [0.05, 0.1) is 0 Å². The summed E-state index contributed by atoms with van der Waals surface area (Å²) >= 11 is 0. The van der Waals surface area contributed by atoms with Crippen LogP contribution in [0.4, 0.5) is 0 Å². The van der Waals surface area contributed by atoms with Crippen LogP contribution < -0.4 is 0 Å². The molecule has 0 spiro atoms. The van der Waals surface area contributed by atoms with E-state index in [1.165, 1.54) is 6.42 Å². The van der Waals surface area contributed by atoms with Crippen molar-refractivity contribution >= 4 is 5.91 Å². The van der Waals surface area contributed by atoms with E-state index in [-0.39, 0.29) is 12.5 Å². The Labute approximate surface area is 85.1 Å². The second-order valence-corrected chi connectivity index (χ2v) is 3.54. The number of hydrogen-bond donors (Lipinski definition) is 1. The Kier molecular flexibility index (Phi) is 4.48. The van der Waals surface area contributed by atoms with Crippen molar-refractivity contribution in [2.45, 2.75) is 38.6 Å². The zero-order valence-electron chi connectivity index (χ0n) is 8.62. The van der Waals surface area contributed by atoms with Crippen molar-refractivity contribution in [2.75, 3.05) is 13.2 Å². The highest BCUT2D eigenvalue weighted by Gasteiger charge is 2.27. The molecule has 0 atom stereocenters. The molecule has 1 amide bonds. The van der Waals surface area contributed by atoms with Crippen LogP contribution in [0.15, 0.2) is 0 Å². The monoisotopic (exact) mass is 195 g/mol. The molecule has 0 aromatic rings. The van der Waals surface area contributed by atoms with Crippen LogP contribution in [0.2, 0.25) is 0 Å². The summed E-state index contributed by atoms with van der Waals surface area (Å²) in [6, 6.07) is 0.370. The summed E-state index contributed by atoms with van der Waals surface area (Å²) < 4.78 is 0. The molecule has 0 aromatic carbocycles. The molecule has 1 saturated carbocycles. The Bertz CT molecular complexity index is 248. The van der Waals surface area contributed by atoms with Crippen LogP contribution in [0, 0.1) is 11.8 Å². The predicted octanol–water partition coefficient (Wildman–Crippen LogP) is 0.773. The lowest BCUT2D eigenvalue weighted by Crippen LogP contribution is -2.44. The first-order chi connectivity index (χ1) is 6.79. The van der Waals surface area contributed by atoms with Crippen LogP contribution >= 0.6 is 0 Å². The van der Waals surface area contributed by atoms with E-state index in [0.29, 0.717) is 19.0 Å². The smallest absolute Gasteiger partial charge is 0.298 e. The largest absolute Gasteiger partial charge is 0.396 e. The van der Waals surface area contributed by atoms with Gasteiger partial charge in [0, 0.05) is 19.2 Å². The Hall–Kier alpha value is -1.01. The standard InChI is InChI=1S/C11H17NO2/c1-2-5-11(14)12(8-4-9-13)10-6-3-7-10/h10,13H,3-4,6-9H2,1H3. The van der Waals surface area contributed by atoms with E-state index in [4.69, 9.17) is 5.11 Å². The van der Waals surface area contributed by atoms with E-state index in [9.17, 15) is 4.79 Å². The van der Waals surface area contributed by atoms with Gasteiger partial charge in [-0.05, 0) is 38.5 Å². The summed E-state index contributed by atoms with van der Waals surface area (Å²) in [5.74, 6) is 5.09. The lowest BCUT2D eigenvalue weighted by atomic mass is 9.91. The van der Waals surface area contributed by atoms with Gasteiger partial charge in [0.2, 0.25) is 0 Å².